The summed E-state index contributed by atoms with van der Waals surface area (Å²) in [4.78, 5) is 0. The topological polar surface area (TPSA) is 49.7 Å². The van der Waals surface area contributed by atoms with Gasteiger partial charge in [-0.15, -0.1) is 0 Å². The molecule has 0 amide bonds. The molecule has 0 radical (unpaired) electrons. The van der Waals surface area contributed by atoms with E-state index in [1.165, 1.54) is 19.3 Å². The van der Waals surface area contributed by atoms with Crippen LogP contribution in [0.3, 0.4) is 0 Å². The predicted molar refractivity (Wildman–Crippen MR) is 89.6 cm³/mol. The van der Waals surface area contributed by atoms with E-state index in [2.05, 4.69) is 26.0 Å². The van der Waals surface area contributed by atoms with Crippen LogP contribution in [-0.4, -0.2) is 35.1 Å². The molecule has 0 spiro atoms. The highest BCUT2D eigenvalue weighted by atomic mass is 16.5. The van der Waals surface area contributed by atoms with Crippen molar-refractivity contribution in [2.24, 2.45) is 23.2 Å². The van der Waals surface area contributed by atoms with Crippen LogP contribution >= 0.6 is 0 Å². The number of hydrogen-bond acceptors (Lipinski definition) is 3. The van der Waals surface area contributed by atoms with Crippen molar-refractivity contribution in [2.75, 3.05) is 13.2 Å². The smallest absolute Gasteiger partial charge is 0.0824 e. The second kappa shape index (κ2) is 7.02. The SMILES string of the molecule is CC(C=CCOCC(C)(C)O)[C@H]1CC[C@@H]2[C@H](O)CCC[C@@]12C. The lowest BCUT2D eigenvalue weighted by Crippen LogP contribution is -2.41. The molecule has 128 valence electrons. The first-order valence-corrected chi connectivity index (χ1v) is 8.89. The van der Waals surface area contributed by atoms with Crippen molar-refractivity contribution in [3.05, 3.63) is 12.2 Å². The molecule has 22 heavy (non-hydrogen) atoms. The Morgan fingerprint density at radius 2 is 2.05 bits per heavy atom. The van der Waals surface area contributed by atoms with Gasteiger partial charge in [0.2, 0.25) is 0 Å². The molecule has 2 fully saturated rings. The Labute approximate surface area is 135 Å². The molecule has 3 heteroatoms. The van der Waals surface area contributed by atoms with Crippen LogP contribution in [0.5, 0.6) is 0 Å². The summed E-state index contributed by atoms with van der Waals surface area (Å²) in [5, 5.41) is 19.9. The van der Waals surface area contributed by atoms with Gasteiger partial charge in [-0.2, -0.15) is 0 Å². The molecule has 0 heterocycles. The Balaban J connectivity index is 1.86. The molecule has 0 aromatic carbocycles. The second-order valence-corrected chi connectivity index (χ2v) is 8.37. The van der Waals surface area contributed by atoms with Crippen molar-refractivity contribution in [3.8, 4) is 0 Å². The maximum Gasteiger partial charge on any atom is 0.0824 e. The van der Waals surface area contributed by atoms with Gasteiger partial charge >= 0.3 is 0 Å². The summed E-state index contributed by atoms with van der Waals surface area (Å²) in [6, 6.07) is 0. The fourth-order valence-electron chi connectivity index (χ4n) is 4.83. The summed E-state index contributed by atoms with van der Waals surface area (Å²) in [6.45, 7) is 9.13. The number of rotatable bonds is 6. The first kappa shape index (κ1) is 18.0. The van der Waals surface area contributed by atoms with E-state index in [0.717, 1.165) is 12.8 Å². The van der Waals surface area contributed by atoms with Gasteiger partial charge in [-0.1, -0.05) is 32.4 Å². The van der Waals surface area contributed by atoms with E-state index >= 15 is 0 Å². The van der Waals surface area contributed by atoms with E-state index in [4.69, 9.17) is 4.74 Å². The Morgan fingerprint density at radius 1 is 1.32 bits per heavy atom. The minimum atomic E-state index is -0.760. The molecule has 0 bridgehead atoms. The third-order valence-electron chi connectivity index (χ3n) is 5.91. The van der Waals surface area contributed by atoms with Gasteiger partial charge in [-0.25, -0.2) is 0 Å². The van der Waals surface area contributed by atoms with Crippen molar-refractivity contribution in [2.45, 2.75) is 71.5 Å². The fraction of sp³-hybridized carbons (Fsp3) is 0.895. The van der Waals surface area contributed by atoms with E-state index in [9.17, 15) is 10.2 Å². The second-order valence-electron chi connectivity index (χ2n) is 8.37. The van der Waals surface area contributed by atoms with Crippen LogP contribution in [0.25, 0.3) is 0 Å². The van der Waals surface area contributed by atoms with Gasteiger partial charge in [-0.3, -0.25) is 0 Å². The molecular weight excluding hydrogens is 276 g/mol. The number of aliphatic hydroxyl groups is 2. The van der Waals surface area contributed by atoms with E-state index in [1.807, 2.05) is 0 Å². The molecule has 0 saturated heterocycles. The van der Waals surface area contributed by atoms with Crippen LogP contribution in [0.15, 0.2) is 12.2 Å². The minimum absolute atomic E-state index is 0.0879. The van der Waals surface area contributed by atoms with Gasteiger partial charge in [0.1, 0.15) is 0 Å². The van der Waals surface area contributed by atoms with Crippen molar-refractivity contribution in [1.29, 1.82) is 0 Å². The predicted octanol–water partition coefficient (Wildman–Crippen LogP) is 3.54. The maximum atomic E-state index is 10.3. The molecule has 2 saturated carbocycles. The molecule has 5 atom stereocenters. The lowest BCUT2D eigenvalue weighted by molar-refractivity contribution is -0.0233. The van der Waals surface area contributed by atoms with Gasteiger partial charge in [0.25, 0.3) is 0 Å². The fourth-order valence-corrected chi connectivity index (χ4v) is 4.83. The monoisotopic (exact) mass is 310 g/mol. The summed E-state index contributed by atoms with van der Waals surface area (Å²) in [7, 11) is 0. The molecule has 0 aromatic heterocycles. The van der Waals surface area contributed by atoms with Crippen molar-refractivity contribution in [3.63, 3.8) is 0 Å². The third-order valence-corrected chi connectivity index (χ3v) is 5.91. The number of fused-ring (bicyclic) bond motifs is 1. The molecule has 3 nitrogen and oxygen atoms in total. The largest absolute Gasteiger partial charge is 0.393 e. The summed E-state index contributed by atoms with van der Waals surface area (Å²) in [6.07, 6.45) is 10.1. The highest BCUT2D eigenvalue weighted by Gasteiger charge is 2.51. The van der Waals surface area contributed by atoms with Crippen LogP contribution in [0, 0.1) is 23.2 Å². The molecule has 0 aliphatic heterocycles. The molecule has 0 aromatic rings. The van der Waals surface area contributed by atoms with Gasteiger partial charge in [-0.05, 0) is 62.7 Å². The zero-order valence-electron chi connectivity index (χ0n) is 14.7. The lowest BCUT2D eigenvalue weighted by Gasteiger charge is -2.44. The Bertz CT molecular complexity index is 385. The summed E-state index contributed by atoms with van der Waals surface area (Å²) >= 11 is 0. The van der Waals surface area contributed by atoms with Gasteiger partial charge in [0.05, 0.1) is 24.9 Å². The summed E-state index contributed by atoms with van der Waals surface area (Å²) in [5.41, 5.74) is -0.459. The van der Waals surface area contributed by atoms with Crippen molar-refractivity contribution in [1.82, 2.24) is 0 Å². The number of ether oxygens (including phenoxy) is 1. The highest BCUT2D eigenvalue weighted by molar-refractivity contribution is 5.05. The van der Waals surface area contributed by atoms with E-state index in [0.29, 0.717) is 36.4 Å². The summed E-state index contributed by atoms with van der Waals surface area (Å²) < 4.78 is 5.48. The number of allylic oxidation sites excluding steroid dienone is 1. The first-order valence-electron chi connectivity index (χ1n) is 8.89. The molecule has 2 aliphatic rings. The Morgan fingerprint density at radius 3 is 2.73 bits per heavy atom. The molecule has 2 aliphatic carbocycles. The van der Waals surface area contributed by atoms with Crippen LogP contribution in [0.4, 0.5) is 0 Å². The quantitative estimate of drug-likeness (QED) is 0.583. The standard InChI is InChI=1S/C19H34O3/c1-14(7-6-12-22-13-18(2,3)21)15-9-10-16-17(20)8-5-11-19(15,16)4/h6-7,14-17,20-21H,5,8-13H2,1-4H3/t14?,15-,16-,17-,19+/m1/s1. The molecule has 2 N–H and O–H groups in total. The number of aliphatic hydroxyl groups excluding tert-OH is 1. The van der Waals surface area contributed by atoms with E-state index < -0.39 is 5.60 Å². The normalized spacial score (nSPS) is 37.5. The zero-order valence-corrected chi connectivity index (χ0v) is 14.7. The van der Waals surface area contributed by atoms with Crippen LogP contribution in [0.1, 0.15) is 59.8 Å². The molecular formula is C19H34O3. The molecule has 2 rings (SSSR count). The van der Waals surface area contributed by atoms with Gasteiger partial charge in [0.15, 0.2) is 0 Å². The van der Waals surface area contributed by atoms with Crippen LogP contribution in [0.2, 0.25) is 0 Å². The van der Waals surface area contributed by atoms with Crippen LogP contribution < -0.4 is 0 Å². The minimum Gasteiger partial charge on any atom is -0.393 e. The van der Waals surface area contributed by atoms with Crippen molar-refractivity contribution >= 4 is 0 Å². The molecule has 1 unspecified atom stereocenters. The Hall–Kier alpha value is -0.380. The van der Waals surface area contributed by atoms with Crippen LogP contribution in [-0.2, 0) is 4.74 Å². The average Bonchev–Trinajstić information content (AvgIpc) is 2.75. The maximum absolute atomic E-state index is 10.3. The number of hydrogen-bond donors (Lipinski definition) is 2. The lowest BCUT2D eigenvalue weighted by atomic mass is 9.62. The van der Waals surface area contributed by atoms with Gasteiger partial charge < -0.3 is 14.9 Å². The highest BCUT2D eigenvalue weighted by Crippen LogP contribution is 2.57. The summed E-state index contributed by atoms with van der Waals surface area (Å²) in [5.74, 6) is 1.68. The van der Waals surface area contributed by atoms with E-state index in [-0.39, 0.29) is 6.10 Å². The zero-order chi connectivity index (χ0) is 16.4. The average molecular weight is 310 g/mol. The first-order chi connectivity index (χ1) is 10.2. The Kier molecular flexibility index (Phi) is 5.73. The third kappa shape index (κ3) is 4.12. The van der Waals surface area contributed by atoms with Gasteiger partial charge in [0, 0.05) is 0 Å². The van der Waals surface area contributed by atoms with Crippen molar-refractivity contribution < 1.29 is 14.9 Å². The van der Waals surface area contributed by atoms with E-state index in [1.54, 1.807) is 13.8 Å².